The molecule has 1 rings (SSSR count). The first-order chi connectivity index (χ1) is 14.8. The molecule has 196 valence electrons. The zero-order valence-electron chi connectivity index (χ0n) is 15.4. The maximum Gasteiger partial charge on any atom is 0.460 e. The molecule has 0 fully saturated rings. The van der Waals surface area contributed by atoms with Gasteiger partial charge in [-0.05, 0) is 24.3 Å². The van der Waals surface area contributed by atoms with Gasteiger partial charge in [-0.3, -0.25) is 5.41 Å². The van der Waals surface area contributed by atoms with E-state index in [2.05, 4.69) is 4.74 Å². The Labute approximate surface area is 177 Å². The van der Waals surface area contributed by atoms with E-state index in [1.807, 2.05) is 0 Å². The third kappa shape index (κ3) is 4.16. The van der Waals surface area contributed by atoms with Crippen molar-refractivity contribution in [2.45, 2.75) is 48.1 Å². The van der Waals surface area contributed by atoms with E-state index in [4.69, 9.17) is 11.1 Å². The van der Waals surface area contributed by atoms with E-state index in [-0.39, 0.29) is 5.56 Å². The largest absolute Gasteiger partial charge is 0.460 e. The first-order valence-corrected chi connectivity index (χ1v) is 7.89. The average Bonchev–Trinajstić information content (AvgIpc) is 2.66. The lowest BCUT2D eigenvalue weighted by atomic mass is 9.91. The molecule has 1 unspecified atom stereocenters. The second-order valence-electron chi connectivity index (χ2n) is 6.36. The highest BCUT2D eigenvalue weighted by Crippen LogP contribution is 2.62. The van der Waals surface area contributed by atoms with Crippen LogP contribution in [0.1, 0.15) is 5.56 Å². The summed E-state index contributed by atoms with van der Waals surface area (Å²) in [4.78, 5) is 0. The average molecular weight is 536 g/mol. The van der Waals surface area contributed by atoms with Crippen LogP contribution in [0.15, 0.2) is 24.3 Å². The van der Waals surface area contributed by atoms with Crippen LogP contribution in [0.3, 0.4) is 0 Å². The number of hydrogen-bond donors (Lipinski definition) is 2. The fourth-order valence-electron chi connectivity index (χ4n) is 2.03. The van der Waals surface area contributed by atoms with Crippen molar-refractivity contribution in [3.63, 3.8) is 0 Å². The molecule has 0 heterocycles. The maximum atomic E-state index is 13.7. The minimum Gasteiger partial charge on any atom is -0.454 e. The Morgan fingerprint density at radius 1 is 0.647 bits per heavy atom. The normalized spacial score (nSPS) is 15.8. The molecule has 0 saturated carbocycles. The van der Waals surface area contributed by atoms with Gasteiger partial charge >= 0.3 is 48.1 Å². The topological polar surface area (TPSA) is 59.1 Å². The molecule has 34 heavy (non-hydrogen) atoms. The van der Waals surface area contributed by atoms with Gasteiger partial charge in [0.1, 0.15) is 11.6 Å². The Balaban J connectivity index is 3.43. The lowest BCUT2D eigenvalue weighted by Crippen LogP contribution is -2.73. The molecule has 0 spiro atoms. The van der Waals surface area contributed by atoms with E-state index >= 15 is 0 Å². The van der Waals surface area contributed by atoms with Crippen LogP contribution in [0.5, 0.6) is 5.75 Å². The van der Waals surface area contributed by atoms with Gasteiger partial charge in [-0.25, -0.2) is 0 Å². The number of nitrogen functional groups attached to an aromatic ring is 1. The number of rotatable bonds is 9. The molecular formula is C15H8F16N2O. The van der Waals surface area contributed by atoms with Crippen LogP contribution in [0.4, 0.5) is 70.2 Å². The number of amidine groups is 1. The van der Waals surface area contributed by atoms with E-state index in [9.17, 15) is 70.2 Å². The van der Waals surface area contributed by atoms with Gasteiger partial charge in [0.2, 0.25) is 0 Å². The zero-order valence-corrected chi connectivity index (χ0v) is 15.4. The van der Waals surface area contributed by atoms with Crippen LogP contribution in [0.2, 0.25) is 0 Å². The van der Waals surface area contributed by atoms with Crippen LogP contribution in [0, 0.1) is 5.41 Å². The molecule has 0 aliphatic rings. The summed E-state index contributed by atoms with van der Waals surface area (Å²) in [6.45, 7) is 0. The smallest absolute Gasteiger partial charge is 0.454 e. The number of nitrogens with two attached hydrogens (primary N) is 1. The third-order valence-electron chi connectivity index (χ3n) is 4.04. The Morgan fingerprint density at radius 2 is 1.00 bits per heavy atom. The standard InChI is InChI=1S/C15H8F16N2O/c16-8(34-6-3-1-5(2-4-6)7(32)33)9(17,18)10(19,20)11(21,22)12(23,24)13(25,26)14(27,28)15(29,30)31/h1-4,8H,(H3,32,33). The molecule has 3 nitrogen and oxygen atoms in total. The summed E-state index contributed by atoms with van der Waals surface area (Å²) >= 11 is 0. The summed E-state index contributed by atoms with van der Waals surface area (Å²) in [5.41, 5.74) is 4.77. The lowest BCUT2D eigenvalue weighted by Gasteiger charge is -2.41. The highest BCUT2D eigenvalue weighted by Gasteiger charge is 2.94. The van der Waals surface area contributed by atoms with Gasteiger partial charge in [0.15, 0.2) is 0 Å². The van der Waals surface area contributed by atoms with Crippen LogP contribution in [0.25, 0.3) is 0 Å². The van der Waals surface area contributed by atoms with Crippen molar-refractivity contribution >= 4 is 5.84 Å². The van der Waals surface area contributed by atoms with E-state index in [1.54, 1.807) is 0 Å². The molecule has 0 amide bonds. The van der Waals surface area contributed by atoms with Gasteiger partial charge in [-0.15, -0.1) is 0 Å². The quantitative estimate of drug-likeness (QED) is 0.231. The number of halogens is 16. The molecule has 0 aliphatic carbocycles. The van der Waals surface area contributed by atoms with Crippen molar-refractivity contribution in [2.75, 3.05) is 0 Å². The van der Waals surface area contributed by atoms with Crippen LogP contribution in [-0.2, 0) is 0 Å². The fraction of sp³-hybridized carbons (Fsp3) is 0.533. The predicted molar refractivity (Wildman–Crippen MR) is 78.7 cm³/mol. The van der Waals surface area contributed by atoms with Crippen molar-refractivity contribution in [3.8, 4) is 5.75 Å². The number of hydrogen-bond acceptors (Lipinski definition) is 2. The second-order valence-corrected chi connectivity index (χ2v) is 6.36. The van der Waals surface area contributed by atoms with Crippen molar-refractivity contribution in [1.82, 2.24) is 0 Å². The van der Waals surface area contributed by atoms with Gasteiger partial charge in [0, 0.05) is 5.56 Å². The Hall–Kier alpha value is -2.63. The third-order valence-corrected chi connectivity index (χ3v) is 4.04. The van der Waals surface area contributed by atoms with E-state index in [0.29, 0.717) is 24.3 Å². The van der Waals surface area contributed by atoms with E-state index in [1.165, 1.54) is 0 Å². The molecule has 1 aromatic rings. The molecule has 0 radical (unpaired) electrons. The van der Waals surface area contributed by atoms with Crippen molar-refractivity contribution in [3.05, 3.63) is 29.8 Å². The maximum absolute atomic E-state index is 13.7. The fourth-order valence-corrected chi connectivity index (χ4v) is 2.03. The second kappa shape index (κ2) is 8.24. The van der Waals surface area contributed by atoms with Crippen molar-refractivity contribution in [2.24, 2.45) is 5.73 Å². The molecule has 1 aromatic carbocycles. The Bertz CT molecular complexity index is 893. The molecule has 19 heteroatoms. The lowest BCUT2D eigenvalue weighted by molar-refractivity contribution is -0.457. The van der Waals surface area contributed by atoms with Crippen LogP contribution < -0.4 is 10.5 Å². The van der Waals surface area contributed by atoms with Crippen molar-refractivity contribution in [1.29, 1.82) is 5.41 Å². The molecular weight excluding hydrogens is 528 g/mol. The number of nitrogens with one attached hydrogen (secondary N) is 1. The van der Waals surface area contributed by atoms with Gasteiger partial charge in [-0.1, -0.05) is 0 Å². The summed E-state index contributed by atoms with van der Waals surface area (Å²) in [5, 5.41) is 6.99. The molecule has 1 atom stereocenters. The Kier molecular flexibility index (Phi) is 7.13. The molecule has 0 bridgehead atoms. The Morgan fingerprint density at radius 3 is 1.35 bits per heavy atom. The first-order valence-electron chi connectivity index (χ1n) is 7.89. The minimum absolute atomic E-state index is 0.209. The predicted octanol–water partition coefficient (Wildman–Crippen LogP) is 6.02. The number of alkyl halides is 16. The molecule has 3 N–H and O–H groups in total. The first kappa shape index (κ1) is 29.4. The summed E-state index contributed by atoms with van der Waals surface area (Å²) in [6.07, 6.45) is -12.8. The highest BCUT2D eigenvalue weighted by atomic mass is 19.4. The van der Waals surface area contributed by atoms with Crippen molar-refractivity contribution < 1.29 is 75.0 Å². The summed E-state index contributed by atoms with van der Waals surface area (Å²) in [7, 11) is 0. The zero-order chi connectivity index (χ0) is 27.3. The van der Waals surface area contributed by atoms with Crippen LogP contribution >= 0.6 is 0 Å². The monoisotopic (exact) mass is 536 g/mol. The van der Waals surface area contributed by atoms with Gasteiger partial charge in [0.25, 0.3) is 0 Å². The summed E-state index contributed by atoms with van der Waals surface area (Å²) in [5.74, 6) is -50.6. The van der Waals surface area contributed by atoms with Crippen LogP contribution in [-0.4, -0.2) is 53.9 Å². The van der Waals surface area contributed by atoms with E-state index < -0.39 is 59.7 Å². The van der Waals surface area contributed by atoms with Gasteiger partial charge in [0.05, 0.1) is 0 Å². The highest BCUT2D eigenvalue weighted by molar-refractivity contribution is 5.94. The summed E-state index contributed by atoms with van der Waals surface area (Å²) in [6, 6.07) is 2.23. The number of ether oxygens (including phenoxy) is 1. The number of benzene rings is 1. The molecule has 0 saturated heterocycles. The molecule has 0 aromatic heterocycles. The van der Waals surface area contributed by atoms with E-state index in [0.717, 1.165) is 0 Å². The molecule has 0 aliphatic heterocycles. The summed E-state index contributed by atoms with van der Waals surface area (Å²) < 4.78 is 213. The van der Waals surface area contributed by atoms with Gasteiger partial charge < -0.3 is 10.5 Å². The SMILES string of the molecule is N=C(N)c1ccc(OC(F)C(F)(F)C(F)(F)C(F)(F)C(F)(F)C(F)(F)C(F)(F)C(F)(F)F)cc1. The minimum atomic E-state index is -8.52. The van der Waals surface area contributed by atoms with Gasteiger partial charge in [-0.2, -0.15) is 70.2 Å².